The molecule has 1 saturated heterocycles. The van der Waals surface area contributed by atoms with E-state index in [2.05, 4.69) is 30.1 Å². The lowest BCUT2D eigenvalue weighted by atomic mass is 10.2. The van der Waals surface area contributed by atoms with Crippen LogP contribution in [0.2, 0.25) is 5.02 Å². The molecular formula is C21H19ClN8O2. The zero-order valence-corrected chi connectivity index (χ0v) is 17.8. The molecule has 0 atom stereocenters. The Morgan fingerprint density at radius 2 is 1.88 bits per heavy atom. The topological polar surface area (TPSA) is 106 Å². The highest BCUT2D eigenvalue weighted by molar-refractivity contribution is 6.30. The molecular weight excluding hydrogens is 432 g/mol. The van der Waals surface area contributed by atoms with Crippen LogP contribution in [0.15, 0.2) is 59.8 Å². The van der Waals surface area contributed by atoms with E-state index in [1.165, 1.54) is 6.33 Å². The maximum atomic E-state index is 12.8. The third-order valence-corrected chi connectivity index (χ3v) is 5.49. The van der Waals surface area contributed by atoms with Crippen molar-refractivity contribution in [3.05, 3.63) is 71.7 Å². The minimum absolute atomic E-state index is 0.0369. The van der Waals surface area contributed by atoms with Crippen molar-refractivity contribution in [2.75, 3.05) is 26.2 Å². The Labute approximate surface area is 188 Å². The summed E-state index contributed by atoms with van der Waals surface area (Å²) in [5.41, 5.74) is 1.40. The average molecular weight is 451 g/mol. The smallest absolute Gasteiger partial charge is 0.255 e. The molecule has 1 aromatic carbocycles. The van der Waals surface area contributed by atoms with E-state index in [1.807, 2.05) is 17.0 Å². The summed E-state index contributed by atoms with van der Waals surface area (Å²) in [5, 5.41) is 8.75. The van der Waals surface area contributed by atoms with Gasteiger partial charge in [0.15, 0.2) is 5.82 Å². The van der Waals surface area contributed by atoms with E-state index in [-0.39, 0.29) is 5.91 Å². The summed E-state index contributed by atoms with van der Waals surface area (Å²) < 4.78 is 6.95. The van der Waals surface area contributed by atoms with Crippen molar-refractivity contribution in [3.63, 3.8) is 0 Å². The largest absolute Gasteiger partial charge is 0.338 e. The molecule has 1 aliphatic rings. The Morgan fingerprint density at radius 1 is 1.06 bits per heavy atom. The van der Waals surface area contributed by atoms with Crippen LogP contribution in [0.4, 0.5) is 0 Å². The number of carbonyl (C=O) groups is 1. The predicted octanol–water partition coefficient (Wildman–Crippen LogP) is 2.32. The van der Waals surface area contributed by atoms with Gasteiger partial charge in [0, 0.05) is 43.0 Å². The van der Waals surface area contributed by atoms with Crippen LogP contribution >= 0.6 is 11.6 Å². The fourth-order valence-corrected chi connectivity index (χ4v) is 3.62. The summed E-state index contributed by atoms with van der Waals surface area (Å²) >= 11 is 5.93. The third-order valence-electron chi connectivity index (χ3n) is 5.24. The second-order valence-electron chi connectivity index (χ2n) is 7.33. The van der Waals surface area contributed by atoms with Gasteiger partial charge in [0.1, 0.15) is 12.7 Å². The Balaban J connectivity index is 1.16. The Morgan fingerprint density at radius 3 is 2.56 bits per heavy atom. The van der Waals surface area contributed by atoms with Crippen molar-refractivity contribution in [2.45, 2.75) is 6.54 Å². The summed E-state index contributed by atoms with van der Waals surface area (Å²) in [5.74, 6) is 1.65. The Kier molecular flexibility index (Phi) is 5.61. The molecule has 1 aliphatic heterocycles. The molecule has 0 unspecified atom stereocenters. The van der Waals surface area contributed by atoms with Crippen LogP contribution in [0.25, 0.3) is 17.2 Å². The normalized spacial score (nSPS) is 14.6. The zero-order chi connectivity index (χ0) is 21.9. The van der Waals surface area contributed by atoms with Crippen molar-refractivity contribution in [3.8, 4) is 17.2 Å². The second kappa shape index (κ2) is 8.85. The first-order chi connectivity index (χ1) is 15.7. The van der Waals surface area contributed by atoms with Crippen LogP contribution in [0.1, 0.15) is 16.2 Å². The van der Waals surface area contributed by atoms with Gasteiger partial charge in [-0.2, -0.15) is 10.1 Å². The van der Waals surface area contributed by atoms with Crippen molar-refractivity contribution in [1.82, 2.24) is 39.7 Å². The molecule has 4 aromatic rings. The quantitative estimate of drug-likeness (QED) is 0.456. The molecule has 32 heavy (non-hydrogen) atoms. The van der Waals surface area contributed by atoms with Gasteiger partial charge in [-0.3, -0.25) is 9.69 Å². The summed E-state index contributed by atoms with van der Waals surface area (Å²) in [4.78, 5) is 29.5. The molecule has 0 bridgehead atoms. The van der Waals surface area contributed by atoms with E-state index in [0.717, 1.165) is 18.7 Å². The highest BCUT2D eigenvalue weighted by Crippen LogP contribution is 2.19. The predicted molar refractivity (Wildman–Crippen MR) is 115 cm³/mol. The standard InChI is InChI=1S/C21H19ClN8O2/c22-17-4-1-15(2-5-17)20-26-19(32-27-20)12-28-7-9-29(10-8-28)21(31)16-3-6-18(24-11-16)30-14-23-13-25-30/h1-6,11,13-14H,7-10,12H2. The number of amides is 1. The number of pyridine rings is 1. The number of rotatable bonds is 5. The van der Waals surface area contributed by atoms with Crippen LogP contribution in [0.3, 0.4) is 0 Å². The van der Waals surface area contributed by atoms with Crippen LogP contribution in [0.5, 0.6) is 0 Å². The molecule has 0 N–H and O–H groups in total. The molecule has 10 nitrogen and oxygen atoms in total. The number of benzene rings is 1. The van der Waals surface area contributed by atoms with Crippen molar-refractivity contribution < 1.29 is 9.32 Å². The van der Waals surface area contributed by atoms with E-state index in [1.54, 1.807) is 41.5 Å². The van der Waals surface area contributed by atoms with E-state index >= 15 is 0 Å². The fourth-order valence-electron chi connectivity index (χ4n) is 3.49. The maximum Gasteiger partial charge on any atom is 0.255 e. The molecule has 0 radical (unpaired) electrons. The fraction of sp³-hybridized carbons (Fsp3) is 0.238. The van der Waals surface area contributed by atoms with Gasteiger partial charge in [0.25, 0.3) is 5.91 Å². The lowest BCUT2D eigenvalue weighted by Crippen LogP contribution is -2.48. The van der Waals surface area contributed by atoms with Crippen LogP contribution in [-0.2, 0) is 6.54 Å². The monoisotopic (exact) mass is 450 g/mol. The summed E-state index contributed by atoms with van der Waals surface area (Å²) in [6.45, 7) is 3.20. The number of halogens is 1. The SMILES string of the molecule is O=C(c1ccc(-n2cncn2)nc1)N1CCN(Cc2nc(-c3ccc(Cl)cc3)no2)CC1. The van der Waals surface area contributed by atoms with Gasteiger partial charge in [0.05, 0.1) is 12.1 Å². The van der Waals surface area contributed by atoms with Crippen molar-refractivity contribution in [2.24, 2.45) is 0 Å². The zero-order valence-electron chi connectivity index (χ0n) is 17.0. The van der Waals surface area contributed by atoms with Gasteiger partial charge < -0.3 is 9.42 Å². The van der Waals surface area contributed by atoms with Gasteiger partial charge in [0.2, 0.25) is 11.7 Å². The van der Waals surface area contributed by atoms with E-state index in [0.29, 0.717) is 47.8 Å². The first kappa shape index (κ1) is 20.3. The lowest BCUT2D eigenvalue weighted by molar-refractivity contribution is 0.0614. The highest BCUT2D eigenvalue weighted by Gasteiger charge is 2.24. The molecule has 11 heteroatoms. The summed E-state index contributed by atoms with van der Waals surface area (Å²) in [6.07, 6.45) is 4.57. The molecule has 162 valence electrons. The Bertz CT molecular complexity index is 1180. The molecule has 1 fully saturated rings. The number of hydrogen-bond donors (Lipinski definition) is 0. The number of aromatic nitrogens is 6. The van der Waals surface area contributed by atoms with E-state index in [9.17, 15) is 4.79 Å². The summed E-state index contributed by atoms with van der Waals surface area (Å²) in [6, 6.07) is 10.8. The first-order valence-corrected chi connectivity index (χ1v) is 10.4. The number of carbonyl (C=O) groups excluding carboxylic acids is 1. The van der Waals surface area contributed by atoms with Crippen molar-refractivity contribution >= 4 is 17.5 Å². The number of hydrogen-bond acceptors (Lipinski definition) is 8. The number of piperazine rings is 1. The minimum Gasteiger partial charge on any atom is -0.338 e. The lowest BCUT2D eigenvalue weighted by Gasteiger charge is -2.33. The number of nitrogens with zero attached hydrogens (tertiary/aromatic N) is 8. The molecule has 1 amide bonds. The van der Waals surface area contributed by atoms with Gasteiger partial charge >= 0.3 is 0 Å². The molecule has 4 heterocycles. The first-order valence-electron chi connectivity index (χ1n) is 10.1. The van der Waals surface area contributed by atoms with Crippen molar-refractivity contribution in [1.29, 1.82) is 0 Å². The maximum absolute atomic E-state index is 12.8. The van der Waals surface area contributed by atoms with Gasteiger partial charge in [-0.15, -0.1) is 0 Å². The summed E-state index contributed by atoms with van der Waals surface area (Å²) in [7, 11) is 0. The van der Waals surface area contributed by atoms with Crippen LogP contribution in [0, 0.1) is 0 Å². The second-order valence-corrected chi connectivity index (χ2v) is 7.77. The van der Waals surface area contributed by atoms with E-state index in [4.69, 9.17) is 16.1 Å². The van der Waals surface area contributed by atoms with Crippen LogP contribution in [-0.4, -0.2) is 71.8 Å². The highest BCUT2D eigenvalue weighted by atomic mass is 35.5. The van der Waals surface area contributed by atoms with Crippen LogP contribution < -0.4 is 0 Å². The van der Waals surface area contributed by atoms with Gasteiger partial charge in [-0.1, -0.05) is 16.8 Å². The minimum atomic E-state index is -0.0369. The Hall–Kier alpha value is -3.63. The van der Waals surface area contributed by atoms with Gasteiger partial charge in [-0.25, -0.2) is 14.6 Å². The average Bonchev–Trinajstić information content (AvgIpc) is 3.53. The molecule has 0 spiro atoms. The van der Waals surface area contributed by atoms with E-state index < -0.39 is 0 Å². The third kappa shape index (κ3) is 4.36. The van der Waals surface area contributed by atoms with Gasteiger partial charge in [-0.05, 0) is 36.4 Å². The molecule has 0 aliphatic carbocycles. The molecule has 0 saturated carbocycles. The molecule has 3 aromatic heterocycles. The molecule has 5 rings (SSSR count).